The molecule has 254 valence electrons. The van der Waals surface area contributed by atoms with Crippen molar-refractivity contribution < 1.29 is 9.84 Å². The van der Waals surface area contributed by atoms with Gasteiger partial charge in [0.1, 0.15) is 17.7 Å². The van der Waals surface area contributed by atoms with Crippen LogP contribution in [-0.4, -0.2) is 24.9 Å². The van der Waals surface area contributed by atoms with Crippen molar-refractivity contribution in [3.63, 3.8) is 0 Å². The molecule has 0 aliphatic rings. The maximum absolute atomic E-state index is 9.34. The lowest BCUT2D eigenvalue weighted by Crippen LogP contribution is -2.10. The van der Waals surface area contributed by atoms with Gasteiger partial charge in [0, 0.05) is 40.0 Å². The van der Waals surface area contributed by atoms with Gasteiger partial charge < -0.3 is 14.7 Å². The van der Waals surface area contributed by atoms with Crippen molar-refractivity contribution in [2.45, 2.75) is 78.1 Å². The average Bonchev–Trinajstić information content (AvgIpc) is 3.53. The van der Waals surface area contributed by atoms with E-state index in [1.807, 2.05) is 12.1 Å². The second kappa shape index (κ2) is 20.8. The van der Waals surface area contributed by atoms with Crippen LogP contribution in [0, 0.1) is 22.7 Å². The number of aryl methyl sites for hydroxylation is 2. The Bertz CT molecular complexity index is 1690. The van der Waals surface area contributed by atoms with Gasteiger partial charge in [-0.25, -0.2) is 0 Å². The monoisotopic (exact) mass is 671 g/mol. The summed E-state index contributed by atoms with van der Waals surface area (Å²) >= 11 is 1.63. The van der Waals surface area contributed by atoms with Gasteiger partial charge in [-0.05, 0) is 115 Å². The first kappa shape index (κ1) is 37.4. The summed E-state index contributed by atoms with van der Waals surface area (Å²) in [6.07, 6.45) is 16.6. The highest BCUT2D eigenvalue weighted by molar-refractivity contribution is 7.14. The Morgan fingerprint density at radius 3 is 1.92 bits per heavy atom. The van der Waals surface area contributed by atoms with Crippen LogP contribution in [-0.2, 0) is 24.0 Å². The van der Waals surface area contributed by atoms with E-state index in [1.165, 1.54) is 48.8 Å². The highest BCUT2D eigenvalue weighted by Crippen LogP contribution is 2.35. The van der Waals surface area contributed by atoms with Gasteiger partial charge in [-0.2, -0.15) is 10.5 Å². The third-order valence-electron chi connectivity index (χ3n) is 8.46. The molecule has 49 heavy (non-hydrogen) atoms. The first-order valence-electron chi connectivity index (χ1n) is 17.7. The van der Waals surface area contributed by atoms with Gasteiger partial charge in [-0.3, -0.25) is 0 Å². The quantitative estimate of drug-likeness (QED) is 0.0747. The molecule has 0 radical (unpaired) electrons. The minimum absolute atomic E-state index is 0.140. The number of aliphatic hydroxyl groups excluding tert-OH is 1. The maximum Gasteiger partial charge on any atom is 0.131 e. The predicted octanol–water partition coefficient (Wildman–Crippen LogP) is 11.2. The predicted molar refractivity (Wildman–Crippen MR) is 206 cm³/mol. The number of allylic oxidation sites excluding steroid dienone is 1. The van der Waals surface area contributed by atoms with Crippen LogP contribution in [0.2, 0.25) is 0 Å². The zero-order valence-corrected chi connectivity index (χ0v) is 29.9. The molecule has 4 aromatic rings. The molecule has 0 saturated carbocycles. The molecule has 0 fully saturated rings. The number of benzene rings is 3. The Kier molecular flexibility index (Phi) is 15.9. The molecule has 5 nitrogen and oxygen atoms in total. The second-order valence-electron chi connectivity index (χ2n) is 12.3. The molecule has 0 atom stereocenters. The van der Waals surface area contributed by atoms with Crippen LogP contribution in [0.4, 0.5) is 17.1 Å². The number of hydrogen-bond acceptors (Lipinski definition) is 6. The fraction of sp³-hybridized carbons (Fsp3) is 0.349. The smallest absolute Gasteiger partial charge is 0.131 e. The summed E-state index contributed by atoms with van der Waals surface area (Å²) in [5, 5.41) is 27.6. The lowest BCUT2D eigenvalue weighted by molar-refractivity contribution is 0.118. The first-order chi connectivity index (χ1) is 24.1. The van der Waals surface area contributed by atoms with Crippen molar-refractivity contribution in [1.82, 2.24) is 0 Å². The van der Waals surface area contributed by atoms with Crippen LogP contribution in [0.5, 0.6) is 0 Å². The lowest BCUT2D eigenvalue weighted by atomic mass is 10.1. The van der Waals surface area contributed by atoms with E-state index in [1.54, 1.807) is 17.4 Å². The van der Waals surface area contributed by atoms with Gasteiger partial charge in [0.2, 0.25) is 0 Å². The van der Waals surface area contributed by atoms with E-state index in [-0.39, 0.29) is 12.2 Å². The van der Waals surface area contributed by atoms with E-state index >= 15 is 0 Å². The van der Waals surface area contributed by atoms with Crippen molar-refractivity contribution in [2.75, 3.05) is 24.7 Å². The molecule has 0 aliphatic heterocycles. The topological polar surface area (TPSA) is 80.3 Å². The molecule has 0 amide bonds. The number of ether oxygens (including phenoxy) is 1. The van der Waals surface area contributed by atoms with Crippen molar-refractivity contribution in [2.24, 2.45) is 0 Å². The highest BCUT2D eigenvalue weighted by atomic mass is 32.1. The Labute approximate surface area is 297 Å². The number of thiophene rings is 1. The van der Waals surface area contributed by atoms with Crippen molar-refractivity contribution in [1.29, 1.82) is 10.5 Å². The van der Waals surface area contributed by atoms with Crippen LogP contribution < -0.4 is 4.90 Å². The largest absolute Gasteiger partial charge is 0.396 e. The number of unbranched alkanes of at least 4 members (excludes halogenated alkanes) is 4. The zero-order chi connectivity index (χ0) is 34.7. The summed E-state index contributed by atoms with van der Waals surface area (Å²) in [6, 6.07) is 32.5. The number of nitriles is 2. The molecule has 4 rings (SSSR count). The van der Waals surface area contributed by atoms with Gasteiger partial charge in [-0.15, -0.1) is 11.3 Å². The SMILES string of the molecule is CCCCCCc1cc(/C=C/c2ccc(N(c3ccc(CCCC)cc3)c3ccc(CCOCCCO)cc3)cc2)sc1C=C(C#N)C#N. The molecule has 3 aromatic carbocycles. The molecule has 0 saturated heterocycles. The standard InChI is InChI=1S/C43H49N3O2S/c1-3-5-7-8-11-38-31-42(49-43(38)30-37(32-44)33-45)25-18-35-14-21-40(22-15-35)46(39-19-12-34(13-20-39)10-6-4-2)41-23-16-36(17-24-41)26-29-48-28-9-27-47/h12-25,30-31,47H,3-11,26-29H2,1-2H3/b25-18+. The molecule has 0 unspecified atom stereocenters. The van der Waals surface area contributed by atoms with Crippen molar-refractivity contribution in [3.8, 4) is 12.1 Å². The molecular formula is C43H49N3O2S. The van der Waals surface area contributed by atoms with E-state index in [2.05, 4.69) is 110 Å². The molecule has 0 aliphatic carbocycles. The summed E-state index contributed by atoms with van der Waals surface area (Å²) in [6.45, 7) is 5.82. The number of rotatable bonds is 20. The van der Waals surface area contributed by atoms with E-state index in [9.17, 15) is 10.5 Å². The molecule has 6 heteroatoms. The fourth-order valence-corrected chi connectivity index (χ4v) is 6.71. The van der Waals surface area contributed by atoms with Crippen LogP contribution in [0.1, 0.15) is 90.8 Å². The second-order valence-corrected chi connectivity index (χ2v) is 13.4. The zero-order valence-electron chi connectivity index (χ0n) is 29.0. The van der Waals surface area contributed by atoms with Gasteiger partial charge in [0.05, 0.1) is 6.61 Å². The van der Waals surface area contributed by atoms with Gasteiger partial charge in [0.15, 0.2) is 0 Å². The molecule has 1 heterocycles. The van der Waals surface area contributed by atoms with E-state index < -0.39 is 0 Å². The summed E-state index contributed by atoms with van der Waals surface area (Å²) in [5.74, 6) is 0. The van der Waals surface area contributed by atoms with E-state index in [0.717, 1.165) is 58.1 Å². The number of nitrogens with zero attached hydrogens (tertiary/aromatic N) is 3. The van der Waals surface area contributed by atoms with Crippen LogP contribution in [0.3, 0.4) is 0 Å². The molecule has 0 spiro atoms. The van der Waals surface area contributed by atoms with Crippen molar-refractivity contribution >= 4 is 46.6 Å². The van der Waals surface area contributed by atoms with Crippen LogP contribution in [0.15, 0.2) is 84.4 Å². The molecule has 1 N–H and O–H groups in total. The Balaban J connectivity index is 1.55. The molecular weight excluding hydrogens is 623 g/mol. The maximum atomic E-state index is 9.34. The summed E-state index contributed by atoms with van der Waals surface area (Å²) in [7, 11) is 0. The Morgan fingerprint density at radius 1 is 0.714 bits per heavy atom. The first-order valence-corrected chi connectivity index (χ1v) is 18.5. The minimum atomic E-state index is 0.140. The third-order valence-corrected chi connectivity index (χ3v) is 9.55. The number of anilines is 3. The van der Waals surface area contributed by atoms with E-state index in [0.29, 0.717) is 19.6 Å². The fourth-order valence-electron chi connectivity index (χ4n) is 5.65. The van der Waals surface area contributed by atoms with Crippen LogP contribution in [0.25, 0.3) is 18.2 Å². The van der Waals surface area contributed by atoms with Crippen molar-refractivity contribution in [3.05, 3.63) is 116 Å². The van der Waals surface area contributed by atoms with Crippen LogP contribution >= 0.6 is 11.3 Å². The van der Waals surface area contributed by atoms with Gasteiger partial charge >= 0.3 is 0 Å². The number of aliphatic hydroxyl groups is 1. The Morgan fingerprint density at radius 2 is 1.33 bits per heavy atom. The number of hydrogen-bond donors (Lipinski definition) is 1. The van der Waals surface area contributed by atoms with Gasteiger partial charge in [-0.1, -0.05) is 82.0 Å². The van der Waals surface area contributed by atoms with E-state index in [4.69, 9.17) is 9.84 Å². The van der Waals surface area contributed by atoms with Gasteiger partial charge in [0.25, 0.3) is 0 Å². The normalized spacial score (nSPS) is 11.0. The Hall–Kier alpha value is -4.46. The lowest BCUT2D eigenvalue weighted by Gasteiger charge is -2.26. The summed E-state index contributed by atoms with van der Waals surface area (Å²) < 4.78 is 5.65. The summed E-state index contributed by atoms with van der Waals surface area (Å²) in [5.41, 5.74) is 8.30. The minimum Gasteiger partial charge on any atom is -0.396 e. The molecule has 1 aromatic heterocycles. The summed E-state index contributed by atoms with van der Waals surface area (Å²) in [4.78, 5) is 4.41. The average molecular weight is 672 g/mol. The third kappa shape index (κ3) is 11.9. The highest BCUT2D eigenvalue weighted by Gasteiger charge is 2.13. The molecule has 0 bridgehead atoms.